The zero-order valence-corrected chi connectivity index (χ0v) is 16.2. The van der Waals surface area contributed by atoms with Crippen LogP contribution in [0, 0.1) is 5.82 Å². The van der Waals surface area contributed by atoms with Gasteiger partial charge >= 0.3 is 0 Å². The van der Waals surface area contributed by atoms with E-state index in [1.807, 2.05) is 30.3 Å². The van der Waals surface area contributed by atoms with Gasteiger partial charge in [-0.1, -0.05) is 49.4 Å². The normalized spacial score (nSPS) is 14.3. The second-order valence-electron chi connectivity index (χ2n) is 7.06. The van der Waals surface area contributed by atoms with E-state index in [0.717, 1.165) is 66.6 Å². The van der Waals surface area contributed by atoms with Crippen LogP contribution in [0.15, 0.2) is 54.6 Å². The number of hydrogen-bond acceptors (Lipinski definition) is 4. The van der Waals surface area contributed by atoms with E-state index in [-0.39, 0.29) is 5.82 Å². The fourth-order valence-corrected chi connectivity index (χ4v) is 3.65. The molecule has 2 heterocycles. The molecule has 4 nitrogen and oxygen atoms in total. The van der Waals surface area contributed by atoms with Gasteiger partial charge in [0.2, 0.25) is 0 Å². The van der Waals surface area contributed by atoms with Crippen molar-refractivity contribution in [3.63, 3.8) is 0 Å². The Hall–Kier alpha value is -2.79. The van der Waals surface area contributed by atoms with E-state index in [1.165, 1.54) is 12.1 Å². The van der Waals surface area contributed by atoms with Gasteiger partial charge in [-0.2, -0.15) is 0 Å². The lowest BCUT2D eigenvalue weighted by molar-refractivity contribution is 0.582. The lowest BCUT2D eigenvalue weighted by atomic mass is 10.0. The maximum absolute atomic E-state index is 13.3. The molecule has 1 aliphatic rings. The molecule has 5 heteroatoms. The summed E-state index contributed by atoms with van der Waals surface area (Å²) in [6, 6.07) is 16.9. The van der Waals surface area contributed by atoms with Crippen molar-refractivity contribution < 1.29 is 4.39 Å². The monoisotopic (exact) mass is 376 g/mol. The number of nitrogens with zero attached hydrogens (tertiary/aromatic N) is 3. The van der Waals surface area contributed by atoms with E-state index >= 15 is 0 Å². The molecule has 4 rings (SSSR count). The number of rotatable bonds is 5. The van der Waals surface area contributed by atoms with Crippen LogP contribution in [0.4, 0.5) is 10.2 Å². The van der Waals surface area contributed by atoms with Gasteiger partial charge in [0.15, 0.2) is 5.82 Å². The molecule has 0 radical (unpaired) electrons. The second-order valence-corrected chi connectivity index (χ2v) is 7.06. The Labute approximate surface area is 165 Å². The second kappa shape index (κ2) is 8.48. The molecule has 0 spiro atoms. The number of nitrogens with one attached hydrogen (secondary N) is 1. The van der Waals surface area contributed by atoms with Crippen LogP contribution < -0.4 is 10.2 Å². The van der Waals surface area contributed by atoms with Crippen LogP contribution in [0.5, 0.6) is 0 Å². The van der Waals surface area contributed by atoms with Crippen LogP contribution in [0.3, 0.4) is 0 Å². The first-order valence-electron chi connectivity index (χ1n) is 9.90. The van der Waals surface area contributed by atoms with Crippen molar-refractivity contribution in [2.75, 3.05) is 31.1 Å². The minimum Gasteiger partial charge on any atom is -0.354 e. The molecule has 0 amide bonds. The Morgan fingerprint density at radius 1 is 0.964 bits per heavy atom. The van der Waals surface area contributed by atoms with E-state index in [2.05, 4.69) is 29.3 Å². The number of anilines is 1. The van der Waals surface area contributed by atoms with Crippen LogP contribution in [0.25, 0.3) is 11.4 Å². The Bertz CT molecular complexity index is 919. The summed E-state index contributed by atoms with van der Waals surface area (Å²) in [5, 5.41) is 3.41. The fourth-order valence-electron chi connectivity index (χ4n) is 3.65. The van der Waals surface area contributed by atoms with Gasteiger partial charge in [-0.25, -0.2) is 14.4 Å². The Kier molecular flexibility index (Phi) is 5.63. The van der Waals surface area contributed by atoms with Gasteiger partial charge in [-0.05, 0) is 24.1 Å². The summed E-state index contributed by atoms with van der Waals surface area (Å²) in [6.07, 6.45) is 1.54. The fraction of sp³-hybridized carbons (Fsp3) is 0.304. The van der Waals surface area contributed by atoms with Gasteiger partial charge in [-0.3, -0.25) is 0 Å². The summed E-state index contributed by atoms with van der Waals surface area (Å²) in [5.74, 6) is 1.57. The average Bonchev–Trinajstić information content (AvgIpc) is 2.76. The molecule has 0 unspecified atom stereocenters. The molecule has 1 saturated heterocycles. The topological polar surface area (TPSA) is 41.1 Å². The number of aryl methyl sites for hydroxylation is 1. The summed E-state index contributed by atoms with van der Waals surface area (Å²) >= 11 is 0. The van der Waals surface area contributed by atoms with Gasteiger partial charge in [0, 0.05) is 49.4 Å². The number of piperazine rings is 1. The molecule has 3 aromatic rings. The smallest absolute Gasteiger partial charge is 0.161 e. The third kappa shape index (κ3) is 4.04. The van der Waals surface area contributed by atoms with E-state index < -0.39 is 0 Å². The minimum atomic E-state index is -0.211. The van der Waals surface area contributed by atoms with Crippen molar-refractivity contribution in [1.82, 2.24) is 15.3 Å². The van der Waals surface area contributed by atoms with E-state index in [9.17, 15) is 4.39 Å². The van der Waals surface area contributed by atoms with Crippen molar-refractivity contribution in [2.45, 2.75) is 19.8 Å². The van der Waals surface area contributed by atoms with Crippen LogP contribution in [-0.2, 0) is 12.8 Å². The Morgan fingerprint density at radius 2 is 1.68 bits per heavy atom. The van der Waals surface area contributed by atoms with Crippen molar-refractivity contribution in [1.29, 1.82) is 0 Å². The lowest BCUT2D eigenvalue weighted by Crippen LogP contribution is -2.44. The molecule has 1 fully saturated rings. The molecular formula is C23H25FN4. The number of aromatic nitrogens is 2. The molecule has 0 atom stereocenters. The molecule has 0 bridgehead atoms. The van der Waals surface area contributed by atoms with Crippen molar-refractivity contribution in [3.8, 4) is 11.4 Å². The average molecular weight is 376 g/mol. The summed E-state index contributed by atoms with van der Waals surface area (Å²) in [4.78, 5) is 12.3. The maximum atomic E-state index is 13.3. The predicted octanol–water partition coefficient (Wildman–Crippen LogP) is 3.85. The van der Waals surface area contributed by atoms with Gasteiger partial charge < -0.3 is 10.2 Å². The molecule has 1 aliphatic heterocycles. The molecule has 1 aromatic heterocycles. The highest BCUT2D eigenvalue weighted by Gasteiger charge is 2.21. The standard InChI is InChI=1S/C23H25FN4/c1-2-21-20(16-17-8-10-19(24)11-9-17)23(28-14-12-25-13-15-28)27-22(26-21)18-6-4-3-5-7-18/h3-11,25H,2,12-16H2,1H3. The van der Waals surface area contributed by atoms with E-state index in [4.69, 9.17) is 9.97 Å². The third-order valence-electron chi connectivity index (χ3n) is 5.15. The molecule has 2 aromatic carbocycles. The molecule has 144 valence electrons. The maximum Gasteiger partial charge on any atom is 0.161 e. The van der Waals surface area contributed by atoms with Crippen LogP contribution >= 0.6 is 0 Å². The molecular weight excluding hydrogens is 351 g/mol. The quantitative estimate of drug-likeness (QED) is 0.734. The van der Waals surface area contributed by atoms with Crippen LogP contribution in [0.2, 0.25) is 0 Å². The zero-order chi connectivity index (χ0) is 19.3. The zero-order valence-electron chi connectivity index (χ0n) is 16.2. The Morgan fingerprint density at radius 3 is 2.36 bits per heavy atom. The summed E-state index contributed by atoms with van der Waals surface area (Å²) in [7, 11) is 0. The first-order chi connectivity index (χ1) is 13.7. The highest BCUT2D eigenvalue weighted by Crippen LogP contribution is 2.28. The summed E-state index contributed by atoms with van der Waals surface area (Å²) in [6.45, 7) is 5.87. The van der Waals surface area contributed by atoms with Crippen molar-refractivity contribution in [2.24, 2.45) is 0 Å². The largest absolute Gasteiger partial charge is 0.354 e. The molecule has 0 saturated carbocycles. The first-order valence-corrected chi connectivity index (χ1v) is 9.90. The van der Waals surface area contributed by atoms with Gasteiger partial charge in [0.05, 0.1) is 0 Å². The van der Waals surface area contributed by atoms with Gasteiger partial charge in [0.1, 0.15) is 11.6 Å². The Balaban J connectivity index is 1.80. The summed E-state index contributed by atoms with van der Waals surface area (Å²) in [5.41, 5.74) is 4.31. The highest BCUT2D eigenvalue weighted by atomic mass is 19.1. The van der Waals surface area contributed by atoms with Crippen molar-refractivity contribution >= 4 is 5.82 Å². The van der Waals surface area contributed by atoms with E-state index in [0.29, 0.717) is 6.42 Å². The number of benzene rings is 2. The van der Waals surface area contributed by atoms with Gasteiger partial charge in [0.25, 0.3) is 0 Å². The molecule has 28 heavy (non-hydrogen) atoms. The predicted molar refractivity (Wildman–Crippen MR) is 111 cm³/mol. The summed E-state index contributed by atoms with van der Waals surface area (Å²) < 4.78 is 13.3. The number of halogens is 1. The molecule has 0 aliphatic carbocycles. The van der Waals surface area contributed by atoms with Crippen LogP contribution in [-0.4, -0.2) is 36.1 Å². The van der Waals surface area contributed by atoms with Crippen LogP contribution in [0.1, 0.15) is 23.7 Å². The minimum absolute atomic E-state index is 0.211. The molecule has 1 N–H and O–H groups in total. The van der Waals surface area contributed by atoms with E-state index in [1.54, 1.807) is 0 Å². The third-order valence-corrected chi connectivity index (χ3v) is 5.15. The van der Waals surface area contributed by atoms with Gasteiger partial charge in [-0.15, -0.1) is 0 Å². The SMILES string of the molecule is CCc1nc(-c2ccccc2)nc(N2CCNCC2)c1Cc1ccc(F)cc1. The highest BCUT2D eigenvalue weighted by molar-refractivity contribution is 5.61. The first kappa shape index (κ1) is 18.6. The number of hydrogen-bond donors (Lipinski definition) is 1. The van der Waals surface area contributed by atoms with Crippen molar-refractivity contribution in [3.05, 3.63) is 77.2 Å². The lowest BCUT2D eigenvalue weighted by Gasteiger charge is -2.31.